The van der Waals surface area contributed by atoms with Gasteiger partial charge in [-0.1, -0.05) is 0 Å². The minimum atomic E-state index is -0.976. The van der Waals surface area contributed by atoms with Crippen LogP contribution in [0.1, 0.15) is 39.5 Å². The highest BCUT2D eigenvalue weighted by atomic mass is 35.5. The molecule has 0 saturated heterocycles. The maximum Gasteiger partial charge on any atom is 0.407 e. The van der Waals surface area contributed by atoms with Gasteiger partial charge in [0.25, 0.3) is 0 Å². The van der Waals surface area contributed by atoms with E-state index in [1.807, 2.05) is 0 Å². The van der Waals surface area contributed by atoms with Crippen LogP contribution in [0.4, 0.5) is 4.79 Å². The molecule has 0 atom stereocenters. The van der Waals surface area contributed by atoms with E-state index in [-0.39, 0.29) is 23.6 Å². The molecule has 102 valence electrons. The van der Waals surface area contributed by atoms with E-state index in [1.54, 1.807) is 13.8 Å². The number of ketones is 1. The first-order chi connectivity index (χ1) is 8.31. The Bertz CT molecular complexity index is 304. The second-order valence-corrected chi connectivity index (χ2v) is 5.55. The van der Waals surface area contributed by atoms with Crippen LogP contribution in [-0.4, -0.2) is 29.4 Å². The van der Waals surface area contributed by atoms with E-state index in [1.165, 1.54) is 0 Å². The molecule has 0 spiro atoms. The molecule has 1 rings (SSSR count). The number of ether oxygens (including phenoxy) is 1. The zero-order chi connectivity index (χ0) is 13.8. The van der Waals surface area contributed by atoms with Crippen molar-refractivity contribution in [3.8, 4) is 0 Å². The van der Waals surface area contributed by atoms with E-state index in [0.717, 1.165) is 25.7 Å². The number of carbonyl (C=O) groups excluding carboxylic acids is 2. The third-order valence-electron chi connectivity index (χ3n) is 2.99. The van der Waals surface area contributed by atoms with Crippen LogP contribution < -0.4 is 5.32 Å². The minimum absolute atomic E-state index is 0.0440. The first-order valence-electron chi connectivity index (χ1n) is 6.19. The van der Waals surface area contributed by atoms with E-state index < -0.39 is 11.7 Å². The highest BCUT2D eigenvalue weighted by Crippen LogP contribution is 2.25. The molecule has 1 amide bonds. The number of nitrogens with one attached hydrogen (secondary N) is 1. The van der Waals surface area contributed by atoms with Crippen molar-refractivity contribution < 1.29 is 14.3 Å². The Hall–Kier alpha value is -0.770. The molecule has 0 aromatic carbocycles. The predicted molar refractivity (Wildman–Crippen MR) is 69.5 cm³/mol. The van der Waals surface area contributed by atoms with Gasteiger partial charge in [0, 0.05) is 18.9 Å². The van der Waals surface area contributed by atoms with Crippen molar-refractivity contribution in [2.45, 2.75) is 51.2 Å². The lowest BCUT2D eigenvalue weighted by molar-refractivity contribution is -0.121. The van der Waals surface area contributed by atoms with Crippen molar-refractivity contribution in [2.75, 3.05) is 5.88 Å². The van der Waals surface area contributed by atoms with E-state index in [4.69, 9.17) is 23.3 Å². The van der Waals surface area contributed by atoms with Gasteiger partial charge in [0.05, 0.1) is 5.88 Å². The fourth-order valence-corrected chi connectivity index (χ4v) is 2.32. The molecule has 0 aromatic heterocycles. The maximum absolute atomic E-state index is 11.5. The third kappa shape index (κ3) is 5.25. The summed E-state index contributed by atoms with van der Waals surface area (Å²) in [6.07, 6.45) is 2.57. The van der Waals surface area contributed by atoms with Crippen LogP contribution in [0.5, 0.6) is 0 Å². The summed E-state index contributed by atoms with van der Waals surface area (Å²) in [6.45, 7) is 8.81. The highest BCUT2D eigenvalue weighted by Gasteiger charge is 2.27. The van der Waals surface area contributed by atoms with Gasteiger partial charge in [0.1, 0.15) is 5.60 Å². The number of amides is 1. The Balaban J connectivity index is 2.31. The monoisotopic (exact) mass is 273 g/mol. The third-order valence-corrected chi connectivity index (χ3v) is 3.26. The first-order valence-corrected chi connectivity index (χ1v) is 6.72. The van der Waals surface area contributed by atoms with Crippen molar-refractivity contribution in [1.29, 1.82) is 0 Å². The van der Waals surface area contributed by atoms with Gasteiger partial charge in [-0.25, -0.2) is 4.79 Å². The van der Waals surface area contributed by atoms with Gasteiger partial charge in [-0.3, -0.25) is 4.79 Å². The van der Waals surface area contributed by atoms with Gasteiger partial charge in [0.15, 0.2) is 5.78 Å². The molecule has 1 aliphatic rings. The average Bonchev–Trinajstić information content (AvgIpc) is 2.26. The van der Waals surface area contributed by atoms with Crippen LogP contribution in [0.15, 0.2) is 0 Å². The quantitative estimate of drug-likeness (QED) is 0.801. The topological polar surface area (TPSA) is 55.4 Å². The van der Waals surface area contributed by atoms with Crippen molar-refractivity contribution in [3.63, 3.8) is 0 Å². The second-order valence-electron chi connectivity index (χ2n) is 5.29. The van der Waals surface area contributed by atoms with Crippen LogP contribution in [-0.2, 0) is 9.53 Å². The molecular weight excluding hydrogens is 254 g/mol. The van der Waals surface area contributed by atoms with Crippen LogP contribution in [0.2, 0.25) is 0 Å². The summed E-state index contributed by atoms with van der Waals surface area (Å²) in [7, 11) is 0. The summed E-state index contributed by atoms with van der Waals surface area (Å²) in [4.78, 5) is 22.9. The number of alkyl carbamates (subject to hydrolysis) is 1. The Morgan fingerprint density at radius 2 is 1.89 bits per heavy atom. The molecule has 0 aromatic rings. The normalized spacial score (nSPS) is 24.4. The zero-order valence-electron chi connectivity index (χ0n) is 10.9. The molecule has 1 fully saturated rings. The summed E-state index contributed by atoms with van der Waals surface area (Å²) in [6, 6.07) is 0.0548. The number of carbonyl (C=O) groups is 2. The Labute approximate surface area is 113 Å². The molecule has 1 aliphatic carbocycles. The number of rotatable bonds is 4. The van der Waals surface area contributed by atoms with E-state index in [2.05, 4.69) is 5.32 Å². The largest absolute Gasteiger partial charge is 0.443 e. The molecule has 2 radical (unpaired) electrons. The maximum atomic E-state index is 11.5. The number of hydrogen-bond donors (Lipinski definition) is 1. The summed E-state index contributed by atoms with van der Waals surface area (Å²) >= 11 is 5.53. The van der Waals surface area contributed by atoms with Gasteiger partial charge in [-0.05, 0) is 39.5 Å². The van der Waals surface area contributed by atoms with Crippen molar-refractivity contribution in [3.05, 3.63) is 6.92 Å². The fraction of sp³-hybridized carbons (Fsp3) is 0.769. The van der Waals surface area contributed by atoms with Crippen molar-refractivity contribution in [1.82, 2.24) is 5.32 Å². The molecule has 0 unspecified atom stereocenters. The van der Waals surface area contributed by atoms with Gasteiger partial charge in [-0.2, -0.15) is 0 Å². The first kappa shape index (κ1) is 15.3. The van der Waals surface area contributed by atoms with Crippen LogP contribution >= 0.6 is 11.6 Å². The summed E-state index contributed by atoms with van der Waals surface area (Å²) in [5, 5.41) is 2.77. The number of Topliss-reactive ketones (excluding diaryl/α,β-unsaturated/α-hetero) is 1. The number of alkyl halides is 1. The van der Waals surface area contributed by atoms with Crippen LogP contribution in [0.25, 0.3) is 0 Å². The molecular formula is C13H20ClNO3. The van der Waals surface area contributed by atoms with Crippen molar-refractivity contribution >= 4 is 23.5 Å². The average molecular weight is 274 g/mol. The lowest BCUT2D eigenvalue weighted by Crippen LogP contribution is -2.41. The molecule has 0 heterocycles. The van der Waals surface area contributed by atoms with Gasteiger partial charge < -0.3 is 10.1 Å². The molecule has 1 N–H and O–H groups in total. The highest BCUT2D eigenvalue weighted by molar-refractivity contribution is 6.27. The summed E-state index contributed by atoms with van der Waals surface area (Å²) in [5.41, 5.74) is -0.976. The Morgan fingerprint density at radius 3 is 2.33 bits per heavy atom. The van der Waals surface area contributed by atoms with E-state index in [9.17, 15) is 9.59 Å². The fourth-order valence-electron chi connectivity index (χ4n) is 2.10. The summed E-state index contributed by atoms with van der Waals surface area (Å²) in [5.74, 6) is 0.218. The van der Waals surface area contributed by atoms with Crippen molar-refractivity contribution in [2.24, 2.45) is 5.92 Å². The van der Waals surface area contributed by atoms with Gasteiger partial charge >= 0.3 is 6.09 Å². The van der Waals surface area contributed by atoms with E-state index >= 15 is 0 Å². The number of halogens is 1. The molecule has 0 bridgehead atoms. The zero-order valence-corrected chi connectivity index (χ0v) is 11.6. The molecule has 0 aliphatic heterocycles. The van der Waals surface area contributed by atoms with Gasteiger partial charge in [0.2, 0.25) is 0 Å². The smallest absolute Gasteiger partial charge is 0.407 e. The summed E-state index contributed by atoms with van der Waals surface area (Å²) < 4.78 is 4.98. The number of hydrogen-bond acceptors (Lipinski definition) is 3. The van der Waals surface area contributed by atoms with Crippen LogP contribution in [0, 0.1) is 12.8 Å². The second kappa shape index (κ2) is 6.41. The Morgan fingerprint density at radius 1 is 1.33 bits per heavy atom. The minimum Gasteiger partial charge on any atom is -0.443 e. The van der Waals surface area contributed by atoms with Crippen LogP contribution in [0.3, 0.4) is 0 Å². The molecule has 18 heavy (non-hydrogen) atoms. The Kier molecular flexibility index (Phi) is 5.45. The lowest BCUT2D eigenvalue weighted by atomic mass is 9.84. The van der Waals surface area contributed by atoms with E-state index in [0.29, 0.717) is 0 Å². The molecule has 4 nitrogen and oxygen atoms in total. The molecule has 1 saturated carbocycles. The predicted octanol–water partition coefficient (Wildman–Crippen LogP) is 2.57. The molecule has 5 heteroatoms. The standard InChI is InChI=1S/C13H20ClNO3/c1-13(2,3)18-12(17)15-10-6-4-9(5-7-10)11(16)8-14/h1,9-10H,4-8H2,2-3H3,(H,15,17). The lowest BCUT2D eigenvalue weighted by Gasteiger charge is -2.29. The SMILES string of the molecule is [CH]C(C)(C)OC(=O)NC1CCC(C(=O)CCl)CC1. The van der Waals surface area contributed by atoms with Gasteiger partial charge in [-0.15, -0.1) is 11.6 Å².